The van der Waals surface area contributed by atoms with E-state index >= 15 is 0 Å². The Morgan fingerprint density at radius 1 is 1.41 bits per heavy atom. The molecule has 0 aliphatic carbocycles. The number of urea groups is 1. The van der Waals surface area contributed by atoms with Crippen LogP contribution < -0.4 is 15.4 Å². The van der Waals surface area contributed by atoms with Gasteiger partial charge in [-0.05, 0) is 12.1 Å². The zero-order valence-corrected chi connectivity index (χ0v) is 9.14. The largest absolute Gasteiger partial charge is 0.497 e. The first-order valence-corrected chi connectivity index (χ1v) is 4.73. The lowest BCUT2D eigenvalue weighted by molar-refractivity contribution is -0.131. The van der Waals surface area contributed by atoms with Gasteiger partial charge in [0.15, 0.2) is 0 Å². The third-order valence-corrected chi connectivity index (χ3v) is 1.77. The highest BCUT2D eigenvalue weighted by Crippen LogP contribution is 2.16. The lowest BCUT2D eigenvalue weighted by atomic mass is 10.3. The summed E-state index contributed by atoms with van der Waals surface area (Å²) in [6.07, 6.45) is 1.86. The molecular formula is C11H12N2O4. The van der Waals surface area contributed by atoms with Crippen LogP contribution in [0.1, 0.15) is 0 Å². The van der Waals surface area contributed by atoms with E-state index < -0.39 is 12.0 Å². The fourth-order valence-corrected chi connectivity index (χ4v) is 1.06. The Morgan fingerprint density at radius 3 is 2.82 bits per heavy atom. The Hall–Kier alpha value is -2.50. The Labute approximate surface area is 97.9 Å². The van der Waals surface area contributed by atoms with Gasteiger partial charge in [0.05, 0.1) is 7.11 Å². The molecule has 6 heteroatoms. The number of amides is 2. The molecular weight excluding hydrogens is 224 g/mol. The molecule has 1 aromatic carbocycles. The van der Waals surface area contributed by atoms with Crippen LogP contribution >= 0.6 is 0 Å². The summed E-state index contributed by atoms with van der Waals surface area (Å²) < 4.78 is 4.99. The molecule has 2 amide bonds. The predicted molar refractivity (Wildman–Crippen MR) is 61.9 cm³/mol. The summed E-state index contributed by atoms with van der Waals surface area (Å²) >= 11 is 0. The number of carboxylic acid groups (broad SMARTS) is 1. The van der Waals surface area contributed by atoms with Gasteiger partial charge < -0.3 is 20.5 Å². The fourth-order valence-electron chi connectivity index (χ4n) is 1.06. The molecule has 17 heavy (non-hydrogen) atoms. The van der Waals surface area contributed by atoms with Crippen molar-refractivity contribution in [3.05, 3.63) is 36.5 Å². The first kappa shape index (κ1) is 12.6. The van der Waals surface area contributed by atoms with Gasteiger partial charge >= 0.3 is 12.0 Å². The minimum atomic E-state index is -1.13. The van der Waals surface area contributed by atoms with Gasteiger partial charge in [0.2, 0.25) is 0 Å². The Kier molecular flexibility index (Phi) is 4.56. The van der Waals surface area contributed by atoms with Crippen molar-refractivity contribution in [3.63, 3.8) is 0 Å². The highest BCUT2D eigenvalue weighted by atomic mass is 16.5. The van der Waals surface area contributed by atoms with E-state index in [0.29, 0.717) is 11.4 Å². The van der Waals surface area contributed by atoms with E-state index in [1.807, 2.05) is 0 Å². The van der Waals surface area contributed by atoms with Crippen LogP contribution in [0.25, 0.3) is 0 Å². The number of rotatable bonds is 4. The molecule has 3 N–H and O–H groups in total. The molecule has 0 spiro atoms. The average Bonchev–Trinajstić information content (AvgIpc) is 2.28. The van der Waals surface area contributed by atoms with Gasteiger partial charge in [0.1, 0.15) is 5.75 Å². The number of benzene rings is 1. The van der Waals surface area contributed by atoms with Crippen molar-refractivity contribution in [1.82, 2.24) is 5.32 Å². The second kappa shape index (κ2) is 6.16. The first-order chi connectivity index (χ1) is 8.11. The average molecular weight is 236 g/mol. The van der Waals surface area contributed by atoms with Gasteiger partial charge in [-0.15, -0.1) is 0 Å². The normalized spacial score (nSPS) is 9.94. The molecule has 1 rings (SSSR count). The van der Waals surface area contributed by atoms with Crippen molar-refractivity contribution >= 4 is 17.7 Å². The lowest BCUT2D eigenvalue weighted by Gasteiger charge is -2.06. The number of carbonyl (C=O) groups is 2. The van der Waals surface area contributed by atoms with Crippen LogP contribution in [0.5, 0.6) is 5.75 Å². The molecule has 0 unspecified atom stereocenters. The van der Waals surface area contributed by atoms with Crippen molar-refractivity contribution in [2.45, 2.75) is 0 Å². The van der Waals surface area contributed by atoms with Crippen molar-refractivity contribution in [1.29, 1.82) is 0 Å². The minimum Gasteiger partial charge on any atom is -0.497 e. The fraction of sp³-hybridized carbons (Fsp3) is 0.0909. The third kappa shape index (κ3) is 4.70. The van der Waals surface area contributed by atoms with Gasteiger partial charge in [-0.2, -0.15) is 0 Å². The van der Waals surface area contributed by atoms with Crippen LogP contribution in [0.4, 0.5) is 10.5 Å². The maximum Gasteiger partial charge on any atom is 0.329 e. The van der Waals surface area contributed by atoms with E-state index in [9.17, 15) is 9.59 Å². The Balaban J connectivity index is 2.53. The SMILES string of the molecule is COc1cccc(NC(=O)N/C=C/C(=O)O)c1. The standard InChI is InChI=1S/C11H12N2O4/c1-17-9-4-2-3-8(7-9)13-11(16)12-6-5-10(14)15/h2-7H,1H3,(H,14,15)(H2,12,13,16)/b6-5+. The summed E-state index contributed by atoms with van der Waals surface area (Å²) in [7, 11) is 1.52. The number of carbonyl (C=O) groups excluding carboxylic acids is 1. The third-order valence-electron chi connectivity index (χ3n) is 1.77. The molecule has 0 bridgehead atoms. The number of anilines is 1. The van der Waals surface area contributed by atoms with Crippen molar-refractivity contribution < 1.29 is 19.4 Å². The molecule has 0 aliphatic heterocycles. The van der Waals surface area contributed by atoms with Crippen LogP contribution in [-0.2, 0) is 4.79 Å². The molecule has 6 nitrogen and oxygen atoms in total. The summed E-state index contributed by atoms with van der Waals surface area (Å²) in [5.74, 6) is -0.518. The minimum absolute atomic E-state index is 0.532. The number of carboxylic acids is 1. The highest BCUT2D eigenvalue weighted by molar-refractivity contribution is 5.90. The van der Waals surface area contributed by atoms with Gasteiger partial charge in [0.25, 0.3) is 0 Å². The molecule has 0 heterocycles. The zero-order valence-electron chi connectivity index (χ0n) is 9.14. The maximum atomic E-state index is 11.3. The highest BCUT2D eigenvalue weighted by Gasteiger charge is 2.00. The van der Waals surface area contributed by atoms with Crippen LogP contribution in [0.3, 0.4) is 0 Å². The molecule has 0 aromatic heterocycles. The smallest absolute Gasteiger partial charge is 0.329 e. The quantitative estimate of drug-likeness (QED) is 0.690. The Morgan fingerprint density at radius 2 is 2.18 bits per heavy atom. The second-order valence-electron chi connectivity index (χ2n) is 3.00. The van der Waals surface area contributed by atoms with Crippen LogP contribution in [0, 0.1) is 0 Å². The molecule has 0 fully saturated rings. The van der Waals surface area contributed by atoms with E-state index in [1.54, 1.807) is 24.3 Å². The van der Waals surface area contributed by atoms with Crippen molar-refractivity contribution in [3.8, 4) is 5.75 Å². The van der Waals surface area contributed by atoms with Gasteiger partial charge in [-0.25, -0.2) is 9.59 Å². The predicted octanol–water partition coefficient (Wildman–Crippen LogP) is 1.41. The van der Waals surface area contributed by atoms with Crippen LogP contribution in [0.15, 0.2) is 36.5 Å². The lowest BCUT2D eigenvalue weighted by Crippen LogP contribution is -2.24. The van der Waals surface area contributed by atoms with Gasteiger partial charge in [-0.1, -0.05) is 6.07 Å². The second-order valence-corrected chi connectivity index (χ2v) is 3.00. The van der Waals surface area contributed by atoms with E-state index in [-0.39, 0.29) is 0 Å². The monoisotopic (exact) mass is 236 g/mol. The molecule has 0 radical (unpaired) electrons. The molecule has 90 valence electrons. The maximum absolute atomic E-state index is 11.3. The molecule has 0 saturated carbocycles. The summed E-state index contributed by atoms with van der Waals surface area (Å²) in [5.41, 5.74) is 0.547. The van der Waals surface area contributed by atoms with E-state index in [2.05, 4.69) is 10.6 Å². The summed E-state index contributed by atoms with van der Waals surface area (Å²) in [6, 6.07) is 6.26. The number of ether oxygens (including phenoxy) is 1. The van der Waals surface area contributed by atoms with E-state index in [1.165, 1.54) is 7.11 Å². The van der Waals surface area contributed by atoms with E-state index in [4.69, 9.17) is 9.84 Å². The number of aliphatic carboxylic acids is 1. The number of hydrogen-bond donors (Lipinski definition) is 3. The van der Waals surface area contributed by atoms with Gasteiger partial charge in [-0.3, -0.25) is 0 Å². The van der Waals surface area contributed by atoms with Crippen molar-refractivity contribution in [2.75, 3.05) is 12.4 Å². The summed E-state index contributed by atoms with van der Waals surface area (Å²) in [6.45, 7) is 0. The summed E-state index contributed by atoms with van der Waals surface area (Å²) in [4.78, 5) is 21.4. The molecule has 0 aliphatic rings. The van der Waals surface area contributed by atoms with Crippen LogP contribution in [-0.4, -0.2) is 24.2 Å². The van der Waals surface area contributed by atoms with Gasteiger partial charge in [0, 0.05) is 24.0 Å². The topological polar surface area (TPSA) is 87.7 Å². The number of hydrogen-bond acceptors (Lipinski definition) is 3. The zero-order chi connectivity index (χ0) is 12.7. The van der Waals surface area contributed by atoms with Crippen LogP contribution in [0.2, 0.25) is 0 Å². The molecule has 1 aromatic rings. The Bertz CT molecular complexity index is 443. The number of methoxy groups -OCH3 is 1. The van der Waals surface area contributed by atoms with E-state index in [0.717, 1.165) is 12.3 Å². The first-order valence-electron chi connectivity index (χ1n) is 4.73. The molecule has 0 saturated heterocycles. The summed E-state index contributed by atoms with van der Waals surface area (Å²) in [5, 5.41) is 13.1. The van der Waals surface area contributed by atoms with Crippen molar-refractivity contribution in [2.24, 2.45) is 0 Å². The molecule has 0 atom stereocenters. The number of nitrogens with one attached hydrogen (secondary N) is 2.